The topological polar surface area (TPSA) is 160 Å². The van der Waals surface area contributed by atoms with E-state index in [2.05, 4.69) is 30.9 Å². The maximum absolute atomic E-state index is 11.9. The normalized spacial score (nSPS) is 14.2. The molecule has 1 saturated heterocycles. The van der Waals surface area contributed by atoms with Gasteiger partial charge < -0.3 is 40.2 Å². The van der Waals surface area contributed by atoms with Crippen molar-refractivity contribution in [2.24, 2.45) is 0 Å². The molecule has 0 aliphatic carbocycles. The predicted octanol–water partition coefficient (Wildman–Crippen LogP) is 0.468. The van der Waals surface area contributed by atoms with Gasteiger partial charge in [-0.1, -0.05) is 18.2 Å². The summed E-state index contributed by atoms with van der Waals surface area (Å²) in [6, 6.07) is 8.15. The number of hydrogen-bond donors (Lipinski definition) is 4. The van der Waals surface area contributed by atoms with E-state index in [4.69, 9.17) is 14.2 Å². The second-order valence-corrected chi connectivity index (χ2v) is 7.86. The van der Waals surface area contributed by atoms with Crippen LogP contribution in [-0.2, 0) is 19.0 Å². The summed E-state index contributed by atoms with van der Waals surface area (Å²) in [7, 11) is 0. The Labute approximate surface area is 209 Å². The molecule has 196 valence electrons. The lowest BCUT2D eigenvalue weighted by molar-refractivity contribution is -0.137. The number of amides is 1. The Morgan fingerprint density at radius 2 is 1.67 bits per heavy atom. The third-order valence-electron chi connectivity index (χ3n) is 5.10. The molecule has 4 N–H and O–H groups in total. The number of aromatic nitrogens is 3. The molecule has 2 heterocycles. The smallest absolute Gasteiger partial charge is 0.325 e. The highest BCUT2D eigenvalue weighted by Gasteiger charge is 2.18. The Morgan fingerprint density at radius 1 is 1.00 bits per heavy atom. The molecule has 13 nitrogen and oxygen atoms in total. The fourth-order valence-electron chi connectivity index (χ4n) is 3.15. The van der Waals surface area contributed by atoms with Crippen LogP contribution in [0.3, 0.4) is 0 Å². The number of nitrogens with zero attached hydrogens (tertiary/aromatic N) is 4. The summed E-state index contributed by atoms with van der Waals surface area (Å²) >= 11 is 0. The summed E-state index contributed by atoms with van der Waals surface area (Å²) in [5.74, 6) is -0.192. The van der Waals surface area contributed by atoms with E-state index in [9.17, 15) is 14.7 Å². The number of rotatable bonds is 15. The van der Waals surface area contributed by atoms with Crippen molar-refractivity contribution in [3.05, 3.63) is 35.9 Å². The van der Waals surface area contributed by atoms with Gasteiger partial charge in [0.25, 0.3) is 5.91 Å². The quantitative estimate of drug-likeness (QED) is 0.249. The van der Waals surface area contributed by atoms with Gasteiger partial charge in [0.1, 0.15) is 6.04 Å². The van der Waals surface area contributed by atoms with Gasteiger partial charge >= 0.3 is 5.97 Å². The highest BCUT2D eigenvalue weighted by atomic mass is 16.5. The first-order valence-electron chi connectivity index (χ1n) is 11.8. The Morgan fingerprint density at radius 3 is 2.36 bits per heavy atom. The van der Waals surface area contributed by atoms with E-state index in [0.717, 1.165) is 0 Å². The number of carbonyl (C=O) groups excluding carboxylic acids is 1. The molecule has 1 aliphatic heterocycles. The highest BCUT2D eigenvalue weighted by molar-refractivity contribution is 5.94. The maximum Gasteiger partial charge on any atom is 0.325 e. The van der Waals surface area contributed by atoms with E-state index < -0.39 is 12.0 Å². The van der Waals surface area contributed by atoms with Crippen molar-refractivity contribution >= 4 is 29.7 Å². The Kier molecular flexibility index (Phi) is 11.1. The fraction of sp³-hybridized carbons (Fsp3) is 0.522. The summed E-state index contributed by atoms with van der Waals surface area (Å²) in [4.78, 5) is 38.2. The molecular weight excluding hydrogens is 470 g/mol. The van der Waals surface area contributed by atoms with E-state index in [-0.39, 0.29) is 11.9 Å². The van der Waals surface area contributed by atoms with Crippen LogP contribution in [0.4, 0.5) is 17.8 Å². The van der Waals surface area contributed by atoms with Gasteiger partial charge in [-0.2, -0.15) is 15.0 Å². The zero-order chi connectivity index (χ0) is 25.6. The minimum atomic E-state index is -1.01. The minimum Gasteiger partial charge on any atom is -0.480 e. The van der Waals surface area contributed by atoms with Gasteiger partial charge in [0.05, 0.1) is 39.6 Å². The number of carboxylic acids is 1. The summed E-state index contributed by atoms with van der Waals surface area (Å²) < 4.78 is 16.4. The standard InChI is InChI=1S/C23H33N7O6/c1-17(20(32)33)26-22-27-21(28-23(29-22)30-9-13-36-14-10-30)25-8-12-35-16-15-34-11-7-24-19(31)18-5-3-2-4-6-18/h2-6,17H,7-16H2,1H3,(H,24,31)(H,32,33)(H2,25,26,27,28,29)/t17-/m0/s1. The number of ether oxygens (including phenoxy) is 3. The van der Waals surface area contributed by atoms with E-state index in [1.807, 2.05) is 23.1 Å². The predicted molar refractivity (Wildman–Crippen MR) is 132 cm³/mol. The van der Waals surface area contributed by atoms with Gasteiger partial charge in [0.2, 0.25) is 17.8 Å². The van der Waals surface area contributed by atoms with Crippen molar-refractivity contribution in [1.29, 1.82) is 0 Å². The molecule has 0 saturated carbocycles. The van der Waals surface area contributed by atoms with Crippen LogP contribution in [0.5, 0.6) is 0 Å². The Balaban J connectivity index is 1.34. The van der Waals surface area contributed by atoms with Crippen molar-refractivity contribution in [2.45, 2.75) is 13.0 Å². The van der Waals surface area contributed by atoms with Gasteiger partial charge in [0, 0.05) is 31.7 Å². The van der Waals surface area contributed by atoms with Crippen LogP contribution in [0.15, 0.2) is 30.3 Å². The summed E-state index contributed by atoms with van der Waals surface area (Å²) in [6.07, 6.45) is 0. The van der Waals surface area contributed by atoms with Gasteiger partial charge in [0.15, 0.2) is 0 Å². The SMILES string of the molecule is C[C@H](Nc1nc(NCCOCCOCCNC(=O)c2ccccc2)nc(N2CCOCC2)n1)C(=O)O. The second kappa shape index (κ2) is 14.8. The molecule has 0 spiro atoms. The van der Waals surface area contributed by atoms with Crippen LogP contribution in [0.25, 0.3) is 0 Å². The van der Waals surface area contributed by atoms with E-state index in [0.29, 0.717) is 83.3 Å². The lowest BCUT2D eigenvalue weighted by Crippen LogP contribution is -2.38. The van der Waals surface area contributed by atoms with Crippen molar-refractivity contribution in [2.75, 3.05) is 81.4 Å². The third-order valence-corrected chi connectivity index (χ3v) is 5.10. The molecule has 1 aromatic carbocycles. The molecular formula is C23H33N7O6. The molecule has 1 fully saturated rings. The summed E-state index contributed by atoms with van der Waals surface area (Å²) in [6.45, 7) is 6.35. The van der Waals surface area contributed by atoms with Gasteiger partial charge in [-0.05, 0) is 19.1 Å². The Bertz CT molecular complexity index is 959. The number of carbonyl (C=O) groups is 2. The molecule has 36 heavy (non-hydrogen) atoms. The molecule has 0 radical (unpaired) electrons. The molecule has 1 aromatic heterocycles. The number of benzene rings is 1. The number of anilines is 3. The zero-order valence-corrected chi connectivity index (χ0v) is 20.3. The van der Waals surface area contributed by atoms with Crippen molar-refractivity contribution in [3.63, 3.8) is 0 Å². The van der Waals surface area contributed by atoms with Crippen molar-refractivity contribution in [1.82, 2.24) is 20.3 Å². The number of aliphatic carboxylic acids is 1. The van der Waals surface area contributed by atoms with Crippen LogP contribution >= 0.6 is 0 Å². The summed E-state index contributed by atoms with van der Waals surface area (Å²) in [5, 5.41) is 17.8. The first kappa shape index (κ1) is 27.0. The highest BCUT2D eigenvalue weighted by Crippen LogP contribution is 2.15. The molecule has 1 atom stereocenters. The molecule has 0 unspecified atom stereocenters. The average Bonchev–Trinajstić information content (AvgIpc) is 2.90. The van der Waals surface area contributed by atoms with Gasteiger partial charge in [-0.15, -0.1) is 0 Å². The molecule has 0 bridgehead atoms. The largest absolute Gasteiger partial charge is 0.480 e. The molecule has 3 rings (SSSR count). The summed E-state index contributed by atoms with van der Waals surface area (Å²) in [5.41, 5.74) is 0.614. The minimum absolute atomic E-state index is 0.132. The second-order valence-electron chi connectivity index (χ2n) is 7.86. The van der Waals surface area contributed by atoms with Crippen LogP contribution in [-0.4, -0.2) is 104 Å². The van der Waals surface area contributed by atoms with Gasteiger partial charge in [-0.25, -0.2) is 0 Å². The number of nitrogens with one attached hydrogen (secondary N) is 3. The van der Waals surface area contributed by atoms with E-state index >= 15 is 0 Å². The maximum atomic E-state index is 11.9. The van der Waals surface area contributed by atoms with Crippen molar-refractivity contribution in [3.8, 4) is 0 Å². The lowest BCUT2D eigenvalue weighted by atomic mass is 10.2. The van der Waals surface area contributed by atoms with Crippen molar-refractivity contribution < 1.29 is 28.9 Å². The first-order valence-corrected chi connectivity index (χ1v) is 11.8. The van der Waals surface area contributed by atoms with Crippen LogP contribution in [0, 0.1) is 0 Å². The molecule has 2 aromatic rings. The first-order chi connectivity index (χ1) is 17.5. The van der Waals surface area contributed by atoms with Crippen LogP contribution in [0.2, 0.25) is 0 Å². The zero-order valence-electron chi connectivity index (χ0n) is 20.3. The molecule has 1 aliphatic rings. The molecule has 1 amide bonds. The van der Waals surface area contributed by atoms with Crippen LogP contribution in [0.1, 0.15) is 17.3 Å². The number of carboxylic acid groups (broad SMARTS) is 1. The van der Waals surface area contributed by atoms with Crippen LogP contribution < -0.4 is 20.9 Å². The molecule has 13 heteroatoms. The van der Waals surface area contributed by atoms with E-state index in [1.54, 1.807) is 12.1 Å². The fourth-order valence-corrected chi connectivity index (χ4v) is 3.15. The monoisotopic (exact) mass is 503 g/mol. The third kappa shape index (κ3) is 9.24. The van der Waals surface area contributed by atoms with Gasteiger partial charge in [-0.3, -0.25) is 9.59 Å². The van der Waals surface area contributed by atoms with E-state index in [1.165, 1.54) is 6.92 Å². The average molecular weight is 504 g/mol. The number of morpholine rings is 1. The Hall–Kier alpha value is -3.55. The number of hydrogen-bond acceptors (Lipinski definition) is 11. The lowest BCUT2D eigenvalue weighted by Gasteiger charge is -2.27.